The van der Waals surface area contributed by atoms with Crippen molar-refractivity contribution in [1.29, 1.82) is 0 Å². The maximum Gasteiger partial charge on any atom is 0.255 e. The summed E-state index contributed by atoms with van der Waals surface area (Å²) < 4.78 is 5.73. The number of rotatable bonds is 2. The van der Waals surface area contributed by atoms with E-state index in [-0.39, 0.29) is 11.4 Å². The lowest BCUT2D eigenvalue weighted by Gasteiger charge is -2.47. The standard InChI is InChI=1S/C16H19N3O2S/c1-9-8-13(10(2)22-9)14(20)19-7-5-12-4-6-16(12,19)15-18-17-11(3)21-15/h8,12H,4-7H2,1-3H3/t12-,16-/m0/s1. The van der Waals surface area contributed by atoms with Crippen molar-refractivity contribution < 1.29 is 9.21 Å². The first-order valence-corrected chi connectivity index (χ1v) is 8.53. The molecule has 2 fully saturated rings. The van der Waals surface area contributed by atoms with Crippen molar-refractivity contribution in [1.82, 2.24) is 15.1 Å². The first kappa shape index (κ1) is 13.9. The van der Waals surface area contributed by atoms with E-state index in [1.54, 1.807) is 18.3 Å². The van der Waals surface area contributed by atoms with Crippen LogP contribution in [-0.4, -0.2) is 27.5 Å². The van der Waals surface area contributed by atoms with Gasteiger partial charge in [0.25, 0.3) is 5.91 Å². The predicted molar refractivity (Wildman–Crippen MR) is 82.9 cm³/mol. The Labute approximate surface area is 133 Å². The Morgan fingerprint density at radius 3 is 2.73 bits per heavy atom. The molecule has 116 valence electrons. The molecule has 0 unspecified atom stereocenters. The van der Waals surface area contributed by atoms with E-state index < -0.39 is 0 Å². The number of nitrogens with zero attached hydrogens (tertiary/aromatic N) is 3. The molecule has 3 heterocycles. The molecule has 0 aromatic carbocycles. The summed E-state index contributed by atoms with van der Waals surface area (Å²) in [5.74, 6) is 1.75. The van der Waals surface area contributed by atoms with E-state index in [0.29, 0.717) is 17.7 Å². The molecule has 1 saturated heterocycles. The number of aryl methyl sites for hydroxylation is 3. The van der Waals surface area contributed by atoms with E-state index >= 15 is 0 Å². The van der Waals surface area contributed by atoms with Gasteiger partial charge >= 0.3 is 0 Å². The maximum absolute atomic E-state index is 13.1. The number of amides is 1. The molecule has 2 atom stereocenters. The van der Waals surface area contributed by atoms with Crippen molar-refractivity contribution in [2.45, 2.75) is 45.6 Å². The van der Waals surface area contributed by atoms with Gasteiger partial charge in [0.2, 0.25) is 11.8 Å². The number of hydrogen-bond acceptors (Lipinski definition) is 5. The number of thiophene rings is 1. The molecule has 0 N–H and O–H groups in total. The van der Waals surface area contributed by atoms with Gasteiger partial charge in [-0.25, -0.2) is 0 Å². The zero-order valence-electron chi connectivity index (χ0n) is 13.0. The molecule has 1 amide bonds. The molecule has 2 aromatic rings. The lowest BCUT2D eigenvalue weighted by Crippen LogP contribution is -2.54. The molecule has 1 aliphatic carbocycles. The number of carbonyl (C=O) groups is 1. The average molecular weight is 317 g/mol. The Morgan fingerprint density at radius 2 is 2.18 bits per heavy atom. The third-order valence-corrected chi connectivity index (χ3v) is 6.11. The van der Waals surface area contributed by atoms with E-state index in [0.717, 1.165) is 36.2 Å². The Balaban J connectivity index is 1.75. The molecule has 0 radical (unpaired) electrons. The van der Waals surface area contributed by atoms with Crippen molar-refractivity contribution in [3.63, 3.8) is 0 Å². The van der Waals surface area contributed by atoms with Crippen molar-refractivity contribution >= 4 is 17.2 Å². The highest BCUT2D eigenvalue weighted by Gasteiger charge is 2.61. The van der Waals surface area contributed by atoms with E-state index in [4.69, 9.17) is 4.42 Å². The lowest BCUT2D eigenvalue weighted by molar-refractivity contribution is -0.00344. The summed E-state index contributed by atoms with van der Waals surface area (Å²) in [6, 6.07) is 2.00. The summed E-state index contributed by atoms with van der Waals surface area (Å²) in [6.45, 7) is 6.64. The van der Waals surface area contributed by atoms with Crippen molar-refractivity contribution in [3.05, 3.63) is 33.2 Å². The highest BCUT2D eigenvalue weighted by molar-refractivity contribution is 7.12. The molecule has 1 saturated carbocycles. The van der Waals surface area contributed by atoms with Gasteiger partial charge in [-0.1, -0.05) is 0 Å². The minimum absolute atomic E-state index is 0.111. The van der Waals surface area contributed by atoms with Crippen LogP contribution in [0.1, 0.15) is 51.2 Å². The highest BCUT2D eigenvalue weighted by atomic mass is 32.1. The van der Waals surface area contributed by atoms with Gasteiger partial charge in [0.1, 0.15) is 5.54 Å². The molecule has 5 nitrogen and oxygen atoms in total. The van der Waals surface area contributed by atoms with Crippen LogP contribution < -0.4 is 0 Å². The zero-order valence-corrected chi connectivity index (χ0v) is 13.9. The van der Waals surface area contributed by atoms with E-state index in [1.165, 1.54) is 4.88 Å². The molecule has 6 heteroatoms. The van der Waals surface area contributed by atoms with Crippen molar-refractivity contribution in [2.75, 3.05) is 6.54 Å². The second-order valence-electron chi connectivity index (χ2n) is 6.36. The summed E-state index contributed by atoms with van der Waals surface area (Å²) >= 11 is 1.68. The van der Waals surface area contributed by atoms with Gasteiger partial charge in [-0.05, 0) is 45.1 Å². The van der Waals surface area contributed by atoms with Crippen LogP contribution in [0, 0.1) is 26.7 Å². The van der Waals surface area contributed by atoms with Gasteiger partial charge in [0, 0.05) is 23.2 Å². The van der Waals surface area contributed by atoms with Crippen LogP contribution in [0.15, 0.2) is 10.5 Å². The quantitative estimate of drug-likeness (QED) is 0.853. The number of hydrogen-bond donors (Lipinski definition) is 0. The monoisotopic (exact) mass is 317 g/mol. The molecule has 1 aliphatic heterocycles. The Hall–Kier alpha value is -1.69. The molecule has 4 rings (SSSR count). The summed E-state index contributed by atoms with van der Waals surface area (Å²) in [6.07, 6.45) is 3.08. The zero-order chi connectivity index (χ0) is 15.5. The minimum Gasteiger partial charge on any atom is -0.423 e. The normalized spacial score (nSPS) is 26.9. The topological polar surface area (TPSA) is 59.2 Å². The van der Waals surface area contributed by atoms with Crippen LogP contribution in [0.2, 0.25) is 0 Å². The lowest BCUT2D eigenvalue weighted by atomic mass is 9.67. The first-order valence-electron chi connectivity index (χ1n) is 7.72. The maximum atomic E-state index is 13.1. The van der Waals surface area contributed by atoms with E-state index in [1.807, 2.05) is 24.8 Å². The van der Waals surface area contributed by atoms with Crippen LogP contribution in [0.5, 0.6) is 0 Å². The number of carbonyl (C=O) groups excluding carboxylic acids is 1. The molecule has 2 aromatic heterocycles. The van der Waals surface area contributed by atoms with E-state index in [9.17, 15) is 4.79 Å². The summed E-state index contributed by atoms with van der Waals surface area (Å²) in [5, 5.41) is 8.23. The molecular formula is C16H19N3O2S. The molecule has 0 spiro atoms. The summed E-state index contributed by atoms with van der Waals surface area (Å²) in [5.41, 5.74) is 0.464. The molecule has 0 bridgehead atoms. The highest BCUT2D eigenvalue weighted by Crippen LogP contribution is 2.56. The smallest absolute Gasteiger partial charge is 0.255 e. The van der Waals surface area contributed by atoms with Gasteiger partial charge in [-0.15, -0.1) is 21.5 Å². The van der Waals surface area contributed by atoms with Gasteiger partial charge in [-0.2, -0.15) is 0 Å². The Kier molecular flexibility index (Phi) is 2.95. The van der Waals surface area contributed by atoms with Gasteiger partial charge in [0.05, 0.1) is 5.56 Å². The molecule has 22 heavy (non-hydrogen) atoms. The van der Waals surface area contributed by atoms with Crippen LogP contribution in [0.25, 0.3) is 0 Å². The SMILES string of the molecule is Cc1nnc([C@]23CC[C@H]2CCN3C(=O)c2cc(C)sc2C)o1. The fourth-order valence-corrected chi connectivity index (χ4v) is 4.90. The fraction of sp³-hybridized carbons (Fsp3) is 0.562. The molecular weight excluding hydrogens is 298 g/mol. The van der Waals surface area contributed by atoms with Crippen LogP contribution >= 0.6 is 11.3 Å². The first-order chi connectivity index (χ1) is 10.5. The number of aromatic nitrogens is 2. The summed E-state index contributed by atoms with van der Waals surface area (Å²) in [7, 11) is 0. The van der Waals surface area contributed by atoms with Crippen molar-refractivity contribution in [3.8, 4) is 0 Å². The Morgan fingerprint density at radius 1 is 1.36 bits per heavy atom. The minimum atomic E-state index is -0.360. The third kappa shape index (κ3) is 1.73. The van der Waals surface area contributed by atoms with E-state index in [2.05, 4.69) is 10.2 Å². The van der Waals surface area contributed by atoms with Gasteiger partial charge in [0.15, 0.2) is 0 Å². The van der Waals surface area contributed by atoms with Gasteiger partial charge in [-0.3, -0.25) is 4.79 Å². The fourth-order valence-electron chi connectivity index (χ4n) is 3.98. The summed E-state index contributed by atoms with van der Waals surface area (Å²) in [4.78, 5) is 17.3. The Bertz CT molecular complexity index is 750. The number of likely N-dealkylation sites (tertiary alicyclic amines) is 1. The molecule has 2 aliphatic rings. The van der Waals surface area contributed by atoms with Crippen LogP contribution in [0.4, 0.5) is 0 Å². The average Bonchev–Trinajstić information content (AvgIpc) is 3.08. The predicted octanol–water partition coefficient (Wildman–Crippen LogP) is 3.21. The second kappa shape index (κ2) is 4.65. The largest absolute Gasteiger partial charge is 0.423 e. The third-order valence-electron chi connectivity index (χ3n) is 5.15. The van der Waals surface area contributed by atoms with Crippen LogP contribution in [0.3, 0.4) is 0 Å². The number of fused-ring (bicyclic) bond motifs is 1. The van der Waals surface area contributed by atoms with Gasteiger partial charge < -0.3 is 9.32 Å². The van der Waals surface area contributed by atoms with Crippen molar-refractivity contribution in [2.24, 2.45) is 5.92 Å². The second-order valence-corrected chi connectivity index (χ2v) is 7.82. The van der Waals surface area contributed by atoms with Crippen LogP contribution in [-0.2, 0) is 5.54 Å².